The Bertz CT molecular complexity index is 869. The zero-order valence-electron chi connectivity index (χ0n) is 13.2. The Labute approximate surface area is 148 Å². The highest BCUT2D eigenvalue weighted by Crippen LogP contribution is 2.20. The van der Waals surface area contributed by atoms with Crippen LogP contribution in [-0.2, 0) is 17.8 Å². The number of hydrogen-bond donors (Lipinski definition) is 1. The smallest absolute Gasteiger partial charge is 0.220 e. The molecule has 1 amide bonds. The van der Waals surface area contributed by atoms with Gasteiger partial charge < -0.3 is 9.73 Å². The number of carbonyl (C=O) groups excluding carboxylic acids is 1. The van der Waals surface area contributed by atoms with E-state index in [9.17, 15) is 9.18 Å². The fourth-order valence-corrected chi connectivity index (χ4v) is 2.54. The molecule has 128 valence electrons. The Balaban J connectivity index is 1.57. The molecule has 0 fully saturated rings. The number of amides is 1. The van der Waals surface area contributed by atoms with Crippen LogP contribution >= 0.6 is 11.6 Å². The van der Waals surface area contributed by atoms with Crippen molar-refractivity contribution in [1.29, 1.82) is 0 Å². The molecule has 0 atom stereocenters. The zero-order chi connectivity index (χ0) is 17.6. The Morgan fingerprint density at radius 1 is 1.24 bits per heavy atom. The molecule has 2 aromatic heterocycles. The van der Waals surface area contributed by atoms with Gasteiger partial charge in [0.25, 0.3) is 0 Å². The van der Waals surface area contributed by atoms with Crippen molar-refractivity contribution in [1.82, 2.24) is 15.3 Å². The second-order valence-corrected chi connectivity index (χ2v) is 5.76. The number of benzene rings is 1. The van der Waals surface area contributed by atoms with E-state index in [0.29, 0.717) is 23.6 Å². The summed E-state index contributed by atoms with van der Waals surface area (Å²) in [5.41, 5.74) is 2.02. The average Bonchev–Trinajstić information content (AvgIpc) is 3.15. The van der Waals surface area contributed by atoms with E-state index in [-0.39, 0.29) is 23.9 Å². The van der Waals surface area contributed by atoms with E-state index >= 15 is 0 Å². The molecule has 1 aromatic carbocycles. The molecule has 0 saturated heterocycles. The van der Waals surface area contributed by atoms with Gasteiger partial charge in [0, 0.05) is 18.8 Å². The summed E-state index contributed by atoms with van der Waals surface area (Å²) < 4.78 is 18.5. The van der Waals surface area contributed by atoms with Gasteiger partial charge >= 0.3 is 0 Å². The van der Waals surface area contributed by atoms with E-state index in [0.717, 1.165) is 5.56 Å². The van der Waals surface area contributed by atoms with Gasteiger partial charge in [-0.05, 0) is 36.2 Å². The van der Waals surface area contributed by atoms with Crippen molar-refractivity contribution in [2.75, 3.05) is 0 Å². The lowest BCUT2D eigenvalue weighted by atomic mass is 10.1. The van der Waals surface area contributed by atoms with Crippen molar-refractivity contribution < 1.29 is 13.6 Å². The van der Waals surface area contributed by atoms with Gasteiger partial charge in [-0.25, -0.2) is 9.37 Å². The Hall–Kier alpha value is -2.73. The summed E-state index contributed by atoms with van der Waals surface area (Å²) in [5, 5.41) is 2.86. The molecule has 1 N–H and O–H groups in total. The lowest BCUT2D eigenvalue weighted by molar-refractivity contribution is -0.121. The summed E-state index contributed by atoms with van der Waals surface area (Å²) >= 11 is 5.74. The second-order valence-electron chi connectivity index (χ2n) is 5.35. The molecule has 7 heteroatoms. The fourth-order valence-electron chi connectivity index (χ4n) is 2.34. The number of nitrogens with zero attached hydrogens (tertiary/aromatic N) is 2. The molecule has 3 aromatic rings. The normalized spacial score (nSPS) is 10.6. The zero-order valence-corrected chi connectivity index (χ0v) is 14.0. The molecule has 0 radical (unpaired) electrons. The van der Waals surface area contributed by atoms with Crippen LogP contribution in [0.25, 0.3) is 11.5 Å². The van der Waals surface area contributed by atoms with E-state index in [1.807, 2.05) is 0 Å². The van der Waals surface area contributed by atoms with Gasteiger partial charge in [0.1, 0.15) is 11.5 Å². The van der Waals surface area contributed by atoms with E-state index in [1.165, 1.54) is 12.1 Å². The third-order valence-electron chi connectivity index (χ3n) is 3.61. The van der Waals surface area contributed by atoms with Crippen molar-refractivity contribution in [3.8, 4) is 11.5 Å². The van der Waals surface area contributed by atoms with Crippen LogP contribution < -0.4 is 5.32 Å². The third kappa shape index (κ3) is 4.42. The molecule has 2 heterocycles. The van der Waals surface area contributed by atoms with Crippen molar-refractivity contribution in [3.05, 3.63) is 71.1 Å². The number of aromatic nitrogens is 2. The summed E-state index contributed by atoms with van der Waals surface area (Å²) in [4.78, 5) is 20.6. The van der Waals surface area contributed by atoms with Crippen LogP contribution in [-0.4, -0.2) is 15.9 Å². The minimum atomic E-state index is -0.469. The van der Waals surface area contributed by atoms with Gasteiger partial charge in [0.15, 0.2) is 5.76 Å². The first-order chi connectivity index (χ1) is 12.1. The SMILES string of the molecule is O=C(CCc1ccc(F)c(Cl)c1)NCc1nccnc1-c1ccco1. The second kappa shape index (κ2) is 7.90. The minimum absolute atomic E-state index is 0.0561. The molecule has 0 aliphatic rings. The molecule has 0 bridgehead atoms. The molecule has 25 heavy (non-hydrogen) atoms. The monoisotopic (exact) mass is 359 g/mol. The van der Waals surface area contributed by atoms with Crippen molar-refractivity contribution in [2.45, 2.75) is 19.4 Å². The standard InChI is InChI=1S/C18H15ClFN3O2/c19-13-10-12(3-5-14(13)20)4-6-17(24)23-11-15-18(22-8-7-21-15)16-2-1-9-25-16/h1-3,5,7-10H,4,6,11H2,(H,23,24). The lowest BCUT2D eigenvalue weighted by Gasteiger charge is -2.08. The largest absolute Gasteiger partial charge is 0.463 e. The summed E-state index contributed by atoms with van der Waals surface area (Å²) in [6, 6.07) is 7.99. The predicted molar refractivity (Wildman–Crippen MR) is 91.3 cm³/mol. The van der Waals surface area contributed by atoms with Gasteiger partial charge in [0.05, 0.1) is 23.5 Å². The Morgan fingerprint density at radius 3 is 2.84 bits per heavy atom. The van der Waals surface area contributed by atoms with Crippen LogP contribution in [0.15, 0.2) is 53.4 Å². The van der Waals surface area contributed by atoms with Gasteiger partial charge in [-0.1, -0.05) is 17.7 Å². The number of furan rings is 1. The highest BCUT2D eigenvalue weighted by Gasteiger charge is 2.11. The van der Waals surface area contributed by atoms with E-state index in [2.05, 4.69) is 15.3 Å². The molecule has 0 aliphatic carbocycles. The van der Waals surface area contributed by atoms with Gasteiger partial charge in [-0.2, -0.15) is 0 Å². The molecule has 5 nitrogen and oxygen atoms in total. The Kier molecular flexibility index (Phi) is 5.40. The molecular formula is C18H15ClFN3O2. The van der Waals surface area contributed by atoms with Crippen molar-refractivity contribution in [3.63, 3.8) is 0 Å². The molecule has 0 aliphatic heterocycles. The number of aryl methyl sites for hydroxylation is 1. The quantitative estimate of drug-likeness (QED) is 0.727. The van der Waals surface area contributed by atoms with Gasteiger partial charge in [-0.3, -0.25) is 9.78 Å². The third-order valence-corrected chi connectivity index (χ3v) is 3.90. The van der Waals surface area contributed by atoms with E-state index in [1.54, 1.807) is 36.9 Å². The topological polar surface area (TPSA) is 68.0 Å². The van der Waals surface area contributed by atoms with Crippen molar-refractivity contribution in [2.24, 2.45) is 0 Å². The molecule has 0 unspecified atom stereocenters. The van der Waals surface area contributed by atoms with Crippen LogP contribution in [0.3, 0.4) is 0 Å². The summed E-state index contributed by atoms with van der Waals surface area (Å²) in [7, 11) is 0. The highest BCUT2D eigenvalue weighted by atomic mass is 35.5. The minimum Gasteiger partial charge on any atom is -0.463 e. The number of halogens is 2. The highest BCUT2D eigenvalue weighted by molar-refractivity contribution is 6.30. The molecular weight excluding hydrogens is 345 g/mol. The number of carbonyl (C=O) groups is 1. The first-order valence-electron chi connectivity index (χ1n) is 7.68. The van der Waals surface area contributed by atoms with Crippen LogP contribution in [0, 0.1) is 5.82 Å². The first-order valence-corrected chi connectivity index (χ1v) is 8.05. The van der Waals surface area contributed by atoms with Gasteiger partial charge in [0.2, 0.25) is 5.91 Å². The maximum atomic E-state index is 13.1. The summed E-state index contributed by atoms with van der Waals surface area (Å²) in [6.45, 7) is 0.243. The fraction of sp³-hybridized carbons (Fsp3) is 0.167. The lowest BCUT2D eigenvalue weighted by Crippen LogP contribution is -2.24. The number of rotatable bonds is 6. The van der Waals surface area contributed by atoms with Crippen molar-refractivity contribution >= 4 is 17.5 Å². The van der Waals surface area contributed by atoms with Crippen LogP contribution in [0.4, 0.5) is 4.39 Å². The maximum Gasteiger partial charge on any atom is 0.220 e. The van der Waals surface area contributed by atoms with E-state index < -0.39 is 5.82 Å². The molecule has 3 rings (SSSR count). The van der Waals surface area contributed by atoms with Gasteiger partial charge in [-0.15, -0.1) is 0 Å². The first kappa shape index (κ1) is 17.1. The molecule has 0 saturated carbocycles. The molecule has 0 spiro atoms. The van der Waals surface area contributed by atoms with Crippen LogP contribution in [0.2, 0.25) is 5.02 Å². The summed E-state index contributed by atoms with van der Waals surface area (Å²) in [5.74, 6) is -0.0159. The van der Waals surface area contributed by atoms with E-state index in [4.69, 9.17) is 16.0 Å². The maximum absolute atomic E-state index is 13.1. The van der Waals surface area contributed by atoms with Crippen LogP contribution in [0.5, 0.6) is 0 Å². The predicted octanol–water partition coefficient (Wildman–Crippen LogP) is 3.78. The Morgan fingerprint density at radius 2 is 2.08 bits per heavy atom. The number of nitrogens with one attached hydrogen (secondary N) is 1. The van der Waals surface area contributed by atoms with Crippen LogP contribution in [0.1, 0.15) is 17.7 Å². The average molecular weight is 360 g/mol. The summed E-state index contributed by atoms with van der Waals surface area (Å²) in [6.07, 6.45) is 5.42. The number of hydrogen-bond acceptors (Lipinski definition) is 4.